The number of carbonyl (C=O) groups excluding carboxylic acids is 1. The lowest BCUT2D eigenvalue weighted by Gasteiger charge is -2.44. The maximum atomic E-state index is 11.9. The van der Waals surface area contributed by atoms with Crippen molar-refractivity contribution in [2.75, 3.05) is 13.6 Å². The monoisotopic (exact) mass is 346 g/mol. The Morgan fingerprint density at radius 1 is 1.54 bits per heavy atom. The van der Waals surface area contributed by atoms with E-state index < -0.39 is 11.4 Å². The van der Waals surface area contributed by atoms with E-state index in [0.717, 1.165) is 36.9 Å². The molecule has 0 spiro atoms. The molecule has 2 aromatic rings. The van der Waals surface area contributed by atoms with Crippen molar-refractivity contribution in [1.82, 2.24) is 14.7 Å². The van der Waals surface area contributed by atoms with Gasteiger partial charge in [0.2, 0.25) is 0 Å². The molecule has 0 saturated heterocycles. The van der Waals surface area contributed by atoms with Crippen molar-refractivity contribution >= 4 is 28.8 Å². The van der Waals surface area contributed by atoms with E-state index >= 15 is 0 Å². The first kappa shape index (κ1) is 16.9. The highest BCUT2D eigenvalue weighted by Gasteiger charge is 2.48. The van der Waals surface area contributed by atoms with Crippen molar-refractivity contribution in [3.63, 3.8) is 0 Å². The van der Waals surface area contributed by atoms with Gasteiger partial charge in [-0.1, -0.05) is 24.7 Å². The Kier molecular flexibility index (Phi) is 4.82. The minimum absolute atomic E-state index is 0.126. The summed E-state index contributed by atoms with van der Waals surface area (Å²) in [5.41, 5.74) is 6.81. The van der Waals surface area contributed by atoms with Crippen LogP contribution in [0.3, 0.4) is 0 Å². The molecule has 24 heavy (non-hydrogen) atoms. The predicted molar refractivity (Wildman–Crippen MR) is 95.9 cm³/mol. The summed E-state index contributed by atoms with van der Waals surface area (Å²) in [5.74, 6) is -0.395. The van der Waals surface area contributed by atoms with Crippen molar-refractivity contribution in [3.8, 4) is 0 Å². The molecular formula is C17H22N4O2S. The molecule has 2 atom stereocenters. The fourth-order valence-electron chi connectivity index (χ4n) is 3.64. The van der Waals surface area contributed by atoms with Crippen LogP contribution in [-0.4, -0.2) is 40.0 Å². The second-order valence-electron chi connectivity index (χ2n) is 6.09. The van der Waals surface area contributed by atoms with E-state index in [4.69, 9.17) is 22.7 Å². The van der Waals surface area contributed by atoms with Gasteiger partial charge in [-0.2, -0.15) is 0 Å². The molecular weight excluding hydrogens is 324 g/mol. The number of nitrogens with one attached hydrogen (secondary N) is 1. The molecule has 7 heteroatoms. The van der Waals surface area contributed by atoms with Crippen molar-refractivity contribution in [3.05, 3.63) is 36.3 Å². The number of hydrogen-bond donors (Lipinski definition) is 2. The molecule has 6 nitrogen and oxygen atoms in total. The van der Waals surface area contributed by atoms with Gasteiger partial charge in [-0.3, -0.25) is 4.79 Å². The van der Waals surface area contributed by atoms with Crippen LogP contribution >= 0.6 is 12.2 Å². The van der Waals surface area contributed by atoms with Crippen LogP contribution in [0.25, 0.3) is 5.65 Å². The molecule has 0 aliphatic heterocycles. The van der Waals surface area contributed by atoms with Crippen LogP contribution in [0.5, 0.6) is 0 Å². The maximum absolute atomic E-state index is 11.9. The van der Waals surface area contributed by atoms with Crippen LogP contribution < -0.4 is 11.1 Å². The fraction of sp³-hybridized carbons (Fsp3) is 0.471. The topological polar surface area (TPSA) is 81.7 Å². The fourth-order valence-corrected chi connectivity index (χ4v) is 3.99. The molecule has 0 amide bonds. The summed E-state index contributed by atoms with van der Waals surface area (Å²) < 4.78 is 7.68. The highest BCUT2D eigenvalue weighted by atomic mass is 32.1. The highest BCUT2D eigenvalue weighted by molar-refractivity contribution is 7.80. The van der Waals surface area contributed by atoms with Gasteiger partial charge in [0, 0.05) is 25.6 Å². The molecule has 0 aromatic carbocycles. The van der Waals surface area contributed by atoms with Crippen LogP contribution in [0.2, 0.25) is 0 Å². The average Bonchev–Trinajstić information content (AvgIpc) is 3.09. The lowest BCUT2D eigenvalue weighted by molar-refractivity contribution is -0.151. The predicted octanol–water partition coefficient (Wildman–Crippen LogP) is 1.56. The summed E-state index contributed by atoms with van der Waals surface area (Å²) in [4.78, 5) is 16.8. The van der Waals surface area contributed by atoms with Gasteiger partial charge in [-0.25, -0.2) is 4.98 Å². The number of esters is 1. The summed E-state index contributed by atoms with van der Waals surface area (Å²) in [5, 5.41) is 3.12. The third kappa shape index (κ3) is 2.78. The smallest absolute Gasteiger partial charge is 0.320 e. The summed E-state index contributed by atoms with van der Waals surface area (Å²) >= 11 is 5.68. The van der Waals surface area contributed by atoms with Gasteiger partial charge in [0.25, 0.3) is 0 Å². The average molecular weight is 346 g/mol. The first-order valence-corrected chi connectivity index (χ1v) is 8.57. The zero-order chi connectivity index (χ0) is 17.2. The standard InChI is InChI=1S/C17H22N4O2S/c1-19-16(24)17(7-3-2-4-13(17)23-15(22)10-18)12-5-6-14-20-8-9-21(14)11-12/h5-6,8-9,11,13H,2-4,7,10,18H2,1H3,(H,19,24). The van der Waals surface area contributed by atoms with Gasteiger partial charge in [0.15, 0.2) is 0 Å². The maximum Gasteiger partial charge on any atom is 0.320 e. The first-order chi connectivity index (χ1) is 11.6. The molecule has 0 bridgehead atoms. The number of thiocarbonyl (C=S) groups is 1. The zero-order valence-electron chi connectivity index (χ0n) is 13.7. The van der Waals surface area contributed by atoms with Crippen LogP contribution in [0.15, 0.2) is 30.7 Å². The third-order valence-corrected chi connectivity index (χ3v) is 5.38. The molecule has 2 aromatic heterocycles. The van der Waals surface area contributed by atoms with Crippen LogP contribution in [-0.2, 0) is 14.9 Å². The summed E-state index contributed by atoms with van der Waals surface area (Å²) in [6, 6.07) is 3.99. The normalized spacial score (nSPS) is 23.8. The van der Waals surface area contributed by atoms with Gasteiger partial charge >= 0.3 is 5.97 Å². The second-order valence-corrected chi connectivity index (χ2v) is 6.50. The van der Waals surface area contributed by atoms with Crippen LogP contribution in [0.4, 0.5) is 0 Å². The lowest BCUT2D eigenvalue weighted by atomic mass is 9.67. The van der Waals surface area contributed by atoms with Crippen LogP contribution in [0, 0.1) is 0 Å². The highest BCUT2D eigenvalue weighted by Crippen LogP contribution is 2.42. The van der Waals surface area contributed by atoms with E-state index in [9.17, 15) is 4.79 Å². The molecule has 1 fully saturated rings. The SMILES string of the molecule is CNC(=S)C1(c2ccc3nccn3c2)CCCCC1OC(=O)CN. The lowest BCUT2D eigenvalue weighted by Crippen LogP contribution is -2.54. The van der Waals surface area contributed by atoms with E-state index in [-0.39, 0.29) is 12.6 Å². The van der Waals surface area contributed by atoms with Crippen LogP contribution in [0.1, 0.15) is 31.2 Å². The van der Waals surface area contributed by atoms with Crippen molar-refractivity contribution in [2.45, 2.75) is 37.2 Å². The molecule has 0 radical (unpaired) electrons. The number of likely N-dealkylation sites (N-methyl/N-ethyl adjacent to an activating group) is 1. The van der Waals surface area contributed by atoms with Gasteiger partial charge in [-0.15, -0.1) is 0 Å². The number of hydrogen-bond acceptors (Lipinski definition) is 5. The van der Waals surface area contributed by atoms with E-state index in [2.05, 4.69) is 10.3 Å². The molecule has 3 rings (SSSR count). The first-order valence-electron chi connectivity index (χ1n) is 8.16. The zero-order valence-corrected chi connectivity index (χ0v) is 14.5. The molecule has 2 unspecified atom stereocenters. The van der Waals surface area contributed by atoms with Gasteiger partial charge in [-0.05, 0) is 30.9 Å². The van der Waals surface area contributed by atoms with E-state index in [1.807, 2.05) is 36.0 Å². The largest absolute Gasteiger partial charge is 0.460 e. The number of carbonyl (C=O) groups is 1. The van der Waals surface area contributed by atoms with Gasteiger partial charge < -0.3 is 20.2 Å². The molecule has 1 saturated carbocycles. The Bertz CT molecular complexity index is 760. The molecule has 128 valence electrons. The number of ether oxygens (including phenoxy) is 1. The van der Waals surface area contributed by atoms with Gasteiger partial charge in [0.05, 0.1) is 16.9 Å². The van der Waals surface area contributed by atoms with Gasteiger partial charge in [0.1, 0.15) is 11.8 Å². The molecule has 2 heterocycles. The quantitative estimate of drug-likeness (QED) is 0.646. The van der Waals surface area contributed by atoms with E-state index in [0.29, 0.717) is 4.99 Å². The number of nitrogens with zero attached hydrogens (tertiary/aromatic N) is 2. The minimum Gasteiger partial charge on any atom is -0.460 e. The Balaban J connectivity index is 2.10. The van der Waals surface area contributed by atoms with Crippen molar-refractivity contribution in [2.24, 2.45) is 5.73 Å². The van der Waals surface area contributed by atoms with Crippen molar-refractivity contribution < 1.29 is 9.53 Å². The van der Waals surface area contributed by atoms with E-state index in [1.165, 1.54) is 0 Å². The number of imidazole rings is 1. The van der Waals surface area contributed by atoms with E-state index in [1.54, 1.807) is 6.20 Å². The Labute approximate surface area is 146 Å². The molecule has 3 N–H and O–H groups in total. The summed E-state index contributed by atoms with van der Waals surface area (Å²) in [6.45, 7) is -0.126. The summed E-state index contributed by atoms with van der Waals surface area (Å²) in [7, 11) is 1.82. The minimum atomic E-state index is -0.536. The number of fused-ring (bicyclic) bond motifs is 1. The Hall–Kier alpha value is -1.99. The number of rotatable bonds is 4. The number of pyridine rings is 1. The van der Waals surface area contributed by atoms with Crippen molar-refractivity contribution in [1.29, 1.82) is 0 Å². The summed E-state index contributed by atoms with van der Waals surface area (Å²) in [6.07, 6.45) is 9.01. The molecule has 1 aliphatic rings. The third-order valence-electron chi connectivity index (χ3n) is 4.81. The molecule has 1 aliphatic carbocycles. The number of nitrogens with two attached hydrogens (primary N) is 1. The Morgan fingerprint density at radius 3 is 3.12 bits per heavy atom. The second kappa shape index (κ2) is 6.86. The Morgan fingerprint density at radius 2 is 2.38 bits per heavy atom. The number of aromatic nitrogens is 2.